The molecule has 3 aromatic rings. The van der Waals surface area contributed by atoms with Crippen LogP contribution in [0.2, 0.25) is 10.0 Å². The third-order valence-electron chi connectivity index (χ3n) is 4.50. The molecule has 11 heteroatoms. The molecule has 4 rings (SSSR count). The number of anilines is 2. The number of alkyl halides is 3. The summed E-state index contributed by atoms with van der Waals surface area (Å²) in [5, 5.41) is 9.56. The van der Waals surface area contributed by atoms with E-state index in [-0.39, 0.29) is 23.0 Å². The highest BCUT2D eigenvalue weighted by Crippen LogP contribution is 2.46. The highest BCUT2D eigenvalue weighted by Gasteiger charge is 2.48. The quantitative estimate of drug-likeness (QED) is 0.543. The number of amides is 1. The highest BCUT2D eigenvalue weighted by molar-refractivity contribution is 6.36. The van der Waals surface area contributed by atoms with Gasteiger partial charge in [-0.05, 0) is 36.4 Å². The van der Waals surface area contributed by atoms with Crippen molar-refractivity contribution in [3.8, 4) is 0 Å². The fourth-order valence-corrected chi connectivity index (χ4v) is 3.52. The summed E-state index contributed by atoms with van der Waals surface area (Å²) < 4.78 is 47.0. The van der Waals surface area contributed by atoms with E-state index < -0.39 is 24.2 Å². The molecule has 3 heterocycles. The second-order valence-corrected chi connectivity index (χ2v) is 7.24. The maximum absolute atomic E-state index is 13.7. The van der Waals surface area contributed by atoms with Crippen LogP contribution in [0.1, 0.15) is 34.8 Å². The average Bonchev–Trinajstić information content (AvgIpc) is 3.31. The van der Waals surface area contributed by atoms with Crippen molar-refractivity contribution in [2.24, 2.45) is 0 Å². The molecule has 2 aromatic heterocycles. The standard InChI is InChI=1S/C18H13Cl2F3N4O2/c19-9-3-5-10(6-4-9)24-17(28)15-14(20)16-25-11(12-2-1-7-29-12)8-13(18(21,22)23)27(16)26-15/h1-7,11,13,25H,8H2,(H,24,28)/t11-,13+/m1/s1. The fourth-order valence-electron chi connectivity index (χ4n) is 3.13. The Kier molecular flexibility index (Phi) is 4.95. The number of nitrogens with zero attached hydrogens (tertiary/aromatic N) is 2. The van der Waals surface area contributed by atoms with Gasteiger partial charge in [0.15, 0.2) is 11.7 Å². The van der Waals surface area contributed by atoms with E-state index in [1.165, 1.54) is 6.26 Å². The minimum atomic E-state index is -4.60. The molecule has 0 saturated carbocycles. The molecule has 1 amide bonds. The molecule has 0 saturated heterocycles. The van der Waals surface area contributed by atoms with Crippen LogP contribution < -0.4 is 10.6 Å². The normalized spacial score (nSPS) is 18.8. The summed E-state index contributed by atoms with van der Waals surface area (Å²) in [7, 11) is 0. The zero-order valence-electron chi connectivity index (χ0n) is 14.5. The molecule has 6 nitrogen and oxygen atoms in total. The molecule has 1 aliphatic heterocycles. The van der Waals surface area contributed by atoms with Crippen molar-refractivity contribution in [3.63, 3.8) is 0 Å². The molecular weight excluding hydrogens is 432 g/mol. The van der Waals surface area contributed by atoms with Gasteiger partial charge in [0.05, 0.1) is 12.3 Å². The number of furan rings is 1. The van der Waals surface area contributed by atoms with Gasteiger partial charge in [0, 0.05) is 17.1 Å². The number of aromatic nitrogens is 2. The van der Waals surface area contributed by atoms with Gasteiger partial charge in [-0.3, -0.25) is 4.79 Å². The number of fused-ring (bicyclic) bond motifs is 1. The molecule has 2 N–H and O–H groups in total. The predicted octanol–water partition coefficient (Wildman–Crippen LogP) is 5.70. The number of rotatable bonds is 3. The Morgan fingerprint density at radius 3 is 2.59 bits per heavy atom. The van der Waals surface area contributed by atoms with E-state index >= 15 is 0 Å². The van der Waals surface area contributed by atoms with Crippen LogP contribution in [0.15, 0.2) is 47.1 Å². The van der Waals surface area contributed by atoms with Crippen LogP contribution >= 0.6 is 23.2 Å². The first-order valence-electron chi connectivity index (χ1n) is 8.45. The Balaban J connectivity index is 1.69. The second kappa shape index (κ2) is 7.31. The largest absolute Gasteiger partial charge is 0.467 e. The summed E-state index contributed by atoms with van der Waals surface area (Å²) >= 11 is 12.0. The van der Waals surface area contributed by atoms with E-state index in [9.17, 15) is 18.0 Å². The van der Waals surface area contributed by atoms with Gasteiger partial charge in [-0.25, -0.2) is 4.68 Å². The number of hydrogen-bond acceptors (Lipinski definition) is 4. The summed E-state index contributed by atoms with van der Waals surface area (Å²) in [6, 6.07) is 6.63. The Morgan fingerprint density at radius 1 is 1.24 bits per heavy atom. The average molecular weight is 445 g/mol. The fraction of sp³-hybridized carbons (Fsp3) is 0.222. The van der Waals surface area contributed by atoms with Gasteiger partial charge < -0.3 is 15.1 Å². The minimum Gasteiger partial charge on any atom is -0.467 e. The molecular formula is C18H13Cl2F3N4O2. The number of nitrogens with one attached hydrogen (secondary N) is 2. The van der Waals surface area contributed by atoms with Crippen LogP contribution in [-0.4, -0.2) is 21.9 Å². The lowest BCUT2D eigenvalue weighted by Crippen LogP contribution is -2.35. The van der Waals surface area contributed by atoms with Gasteiger partial charge in [0.25, 0.3) is 5.91 Å². The van der Waals surface area contributed by atoms with Crippen molar-refractivity contribution in [2.75, 3.05) is 10.6 Å². The molecule has 1 aromatic carbocycles. The lowest BCUT2D eigenvalue weighted by atomic mass is 10.0. The molecule has 0 fully saturated rings. The van der Waals surface area contributed by atoms with Crippen molar-refractivity contribution in [1.82, 2.24) is 9.78 Å². The van der Waals surface area contributed by atoms with Crippen molar-refractivity contribution in [1.29, 1.82) is 0 Å². The van der Waals surface area contributed by atoms with Crippen molar-refractivity contribution in [3.05, 3.63) is 64.2 Å². The van der Waals surface area contributed by atoms with Crippen molar-refractivity contribution >= 4 is 40.6 Å². The first-order chi connectivity index (χ1) is 13.7. The number of benzene rings is 1. The van der Waals surface area contributed by atoms with Gasteiger partial charge >= 0.3 is 6.18 Å². The van der Waals surface area contributed by atoms with E-state index in [0.717, 1.165) is 0 Å². The Hall–Kier alpha value is -2.65. The SMILES string of the molecule is O=C(Nc1ccc(Cl)cc1)c1nn2c(c1Cl)N[C@@H](c1ccco1)C[C@H]2C(F)(F)F. The third-order valence-corrected chi connectivity index (χ3v) is 5.11. The van der Waals surface area contributed by atoms with E-state index in [0.29, 0.717) is 21.2 Å². The van der Waals surface area contributed by atoms with Gasteiger partial charge in [0.2, 0.25) is 0 Å². The van der Waals surface area contributed by atoms with Crippen molar-refractivity contribution in [2.45, 2.75) is 24.7 Å². The Bertz CT molecular complexity index is 1030. The lowest BCUT2D eigenvalue weighted by molar-refractivity contribution is -0.174. The summed E-state index contributed by atoms with van der Waals surface area (Å²) in [5.41, 5.74) is 0.0775. The molecule has 0 spiro atoms. The van der Waals surface area contributed by atoms with E-state index in [1.807, 2.05) is 0 Å². The van der Waals surface area contributed by atoms with E-state index in [2.05, 4.69) is 15.7 Å². The van der Waals surface area contributed by atoms with Crippen LogP contribution in [0, 0.1) is 0 Å². The third kappa shape index (κ3) is 3.79. The first kappa shape index (κ1) is 19.7. The maximum Gasteiger partial charge on any atom is 0.410 e. The smallest absolute Gasteiger partial charge is 0.410 e. The summed E-state index contributed by atoms with van der Waals surface area (Å²) in [4.78, 5) is 12.6. The summed E-state index contributed by atoms with van der Waals surface area (Å²) in [5.74, 6) is -0.505. The monoisotopic (exact) mass is 444 g/mol. The van der Waals surface area contributed by atoms with Crippen LogP contribution in [0.4, 0.5) is 24.7 Å². The van der Waals surface area contributed by atoms with Crippen LogP contribution in [0.3, 0.4) is 0 Å². The lowest BCUT2D eigenvalue weighted by Gasteiger charge is -2.32. The molecule has 0 bridgehead atoms. The molecule has 29 heavy (non-hydrogen) atoms. The Morgan fingerprint density at radius 2 is 1.97 bits per heavy atom. The predicted molar refractivity (Wildman–Crippen MR) is 101 cm³/mol. The second-order valence-electron chi connectivity index (χ2n) is 6.42. The topological polar surface area (TPSA) is 72.1 Å². The molecule has 0 aliphatic carbocycles. The van der Waals surface area contributed by atoms with Crippen LogP contribution in [-0.2, 0) is 0 Å². The number of hydrogen-bond donors (Lipinski definition) is 2. The van der Waals surface area contributed by atoms with Gasteiger partial charge in [-0.15, -0.1) is 0 Å². The molecule has 0 radical (unpaired) electrons. The van der Waals surface area contributed by atoms with Crippen molar-refractivity contribution < 1.29 is 22.4 Å². The molecule has 2 atom stereocenters. The molecule has 0 unspecified atom stereocenters. The first-order valence-corrected chi connectivity index (χ1v) is 9.21. The Labute approximate surface area is 172 Å². The maximum atomic E-state index is 13.7. The van der Waals surface area contributed by atoms with Crippen LogP contribution in [0.25, 0.3) is 0 Å². The minimum absolute atomic E-state index is 0.0945. The van der Waals surface area contributed by atoms with Crippen LogP contribution in [0.5, 0.6) is 0 Å². The molecule has 1 aliphatic rings. The summed E-state index contributed by atoms with van der Waals surface area (Å²) in [6.45, 7) is 0. The summed E-state index contributed by atoms with van der Waals surface area (Å²) in [6.07, 6.45) is -3.58. The van der Waals surface area contributed by atoms with Gasteiger partial charge in [0.1, 0.15) is 16.6 Å². The number of halogens is 5. The van der Waals surface area contributed by atoms with Gasteiger partial charge in [-0.2, -0.15) is 18.3 Å². The zero-order chi connectivity index (χ0) is 20.8. The van der Waals surface area contributed by atoms with Gasteiger partial charge in [-0.1, -0.05) is 23.2 Å². The highest BCUT2D eigenvalue weighted by atomic mass is 35.5. The zero-order valence-corrected chi connectivity index (χ0v) is 16.0. The molecule has 152 valence electrons. The van der Waals surface area contributed by atoms with E-state index in [4.69, 9.17) is 27.6 Å². The number of carbonyl (C=O) groups excluding carboxylic acids is 1. The van der Waals surface area contributed by atoms with E-state index in [1.54, 1.807) is 36.4 Å². The number of carbonyl (C=O) groups is 1.